The molecule has 1 heterocycles. The smallest absolute Gasteiger partial charge is 0.255 e. The van der Waals surface area contributed by atoms with E-state index in [1.807, 2.05) is 20.8 Å². The number of piperazine rings is 1. The van der Waals surface area contributed by atoms with E-state index in [0.29, 0.717) is 53.1 Å². The number of nitrogens with zero attached hydrogens (tertiary/aromatic N) is 4. The quantitative estimate of drug-likeness (QED) is 0.180. The number of likely N-dealkylation sites (N-methyl/N-ethyl adjacent to an activating group) is 1. The predicted octanol–water partition coefficient (Wildman–Crippen LogP) is 5.35. The molecule has 11 heteroatoms. The Morgan fingerprint density at radius 2 is 1.93 bits per heavy atom. The summed E-state index contributed by atoms with van der Waals surface area (Å²) in [5, 5.41) is 6.89. The maximum absolute atomic E-state index is 14.1. The lowest BCUT2D eigenvalue weighted by molar-refractivity contribution is 0.0643. The van der Waals surface area contributed by atoms with Crippen LogP contribution in [0.1, 0.15) is 36.7 Å². The molecular weight excluding hydrogens is 571 g/mol. The van der Waals surface area contributed by atoms with E-state index in [0.717, 1.165) is 38.3 Å². The minimum absolute atomic E-state index is 0.182. The summed E-state index contributed by atoms with van der Waals surface area (Å²) >= 11 is 6.55. The van der Waals surface area contributed by atoms with Crippen LogP contribution in [0.15, 0.2) is 64.9 Å². The normalized spacial score (nSPS) is 15.2. The highest BCUT2D eigenvalue weighted by molar-refractivity contribution is 6.45. The number of aliphatic imine (C=N–C) groups is 2. The second-order valence-electron chi connectivity index (χ2n) is 10.1. The molecule has 2 aromatic carbocycles. The molecule has 1 amide bonds. The number of hydrogen-bond acceptors (Lipinski definition) is 7. The van der Waals surface area contributed by atoms with E-state index in [1.165, 1.54) is 13.2 Å². The van der Waals surface area contributed by atoms with Gasteiger partial charge in [-0.05, 0) is 62.2 Å². The van der Waals surface area contributed by atoms with Gasteiger partial charge in [0.1, 0.15) is 0 Å². The lowest BCUT2D eigenvalue weighted by Gasteiger charge is -2.27. The number of carbonyl (C=O) groups is 1. The Morgan fingerprint density at radius 3 is 2.60 bits per heavy atom. The van der Waals surface area contributed by atoms with Crippen molar-refractivity contribution < 1.29 is 18.7 Å². The molecule has 0 radical (unpaired) electrons. The topological polar surface area (TPSA) is 90.8 Å². The van der Waals surface area contributed by atoms with Crippen LogP contribution >= 0.6 is 11.6 Å². The van der Waals surface area contributed by atoms with Gasteiger partial charge in [-0.3, -0.25) is 14.7 Å². The molecule has 0 aliphatic carbocycles. The Hall–Kier alpha value is -3.57. The molecule has 1 fully saturated rings. The summed E-state index contributed by atoms with van der Waals surface area (Å²) in [4.78, 5) is 26.0. The SMILES string of the molecule is C/C=C\N=C(Nc1ccc(C(=O)N(C)CCOCCN2CCNCC2)c(Cl)c1)C(C)=N/C=C(\C)c1ccc(OC)c(F)c1. The van der Waals surface area contributed by atoms with Crippen LogP contribution in [0.25, 0.3) is 5.57 Å². The third-order valence-electron chi connectivity index (χ3n) is 6.90. The molecule has 0 saturated carbocycles. The highest BCUT2D eigenvalue weighted by atomic mass is 35.5. The summed E-state index contributed by atoms with van der Waals surface area (Å²) in [6, 6.07) is 9.92. The van der Waals surface area contributed by atoms with Crippen LogP contribution in [0, 0.1) is 5.82 Å². The van der Waals surface area contributed by atoms with Gasteiger partial charge in [-0.15, -0.1) is 0 Å². The first kappa shape index (κ1) is 33.9. The number of benzene rings is 2. The van der Waals surface area contributed by atoms with Gasteiger partial charge in [0.2, 0.25) is 0 Å². The fourth-order valence-corrected chi connectivity index (χ4v) is 4.51. The molecule has 232 valence electrons. The van der Waals surface area contributed by atoms with Gasteiger partial charge < -0.3 is 25.0 Å². The fraction of sp³-hybridized carbons (Fsp3) is 0.406. The zero-order chi connectivity index (χ0) is 31.2. The van der Waals surface area contributed by atoms with Crippen molar-refractivity contribution >= 4 is 40.3 Å². The molecule has 1 aliphatic rings. The summed E-state index contributed by atoms with van der Waals surface area (Å²) in [5.74, 6) is 0.0573. The molecule has 2 aromatic rings. The minimum atomic E-state index is -0.440. The van der Waals surface area contributed by atoms with Crippen LogP contribution in [0.5, 0.6) is 5.75 Å². The van der Waals surface area contributed by atoms with E-state index in [1.54, 1.807) is 60.8 Å². The van der Waals surface area contributed by atoms with Gasteiger partial charge in [0.15, 0.2) is 17.4 Å². The van der Waals surface area contributed by atoms with Crippen molar-refractivity contribution in [3.63, 3.8) is 0 Å². The van der Waals surface area contributed by atoms with Crippen molar-refractivity contribution in [3.8, 4) is 5.75 Å². The molecule has 9 nitrogen and oxygen atoms in total. The van der Waals surface area contributed by atoms with Crippen molar-refractivity contribution in [3.05, 3.63) is 76.8 Å². The number of allylic oxidation sites excluding steroid dienone is 2. The van der Waals surface area contributed by atoms with Crippen molar-refractivity contribution in [2.24, 2.45) is 9.98 Å². The average molecular weight is 613 g/mol. The highest BCUT2D eigenvalue weighted by Crippen LogP contribution is 2.24. The van der Waals surface area contributed by atoms with Gasteiger partial charge in [-0.25, -0.2) is 9.38 Å². The second-order valence-corrected chi connectivity index (χ2v) is 10.5. The summed E-state index contributed by atoms with van der Waals surface area (Å²) in [6.45, 7) is 12.0. The van der Waals surface area contributed by atoms with Gasteiger partial charge in [-0.2, -0.15) is 0 Å². The number of ether oxygens (including phenoxy) is 2. The number of nitrogens with one attached hydrogen (secondary N) is 2. The average Bonchev–Trinajstić information content (AvgIpc) is 3.01. The first-order valence-corrected chi connectivity index (χ1v) is 14.7. The number of anilines is 1. The van der Waals surface area contributed by atoms with E-state index in [-0.39, 0.29) is 11.7 Å². The zero-order valence-corrected chi connectivity index (χ0v) is 26.4. The molecule has 2 N–H and O–H groups in total. The molecule has 0 atom stereocenters. The van der Waals surface area contributed by atoms with Gasteiger partial charge in [0.05, 0.1) is 36.6 Å². The van der Waals surface area contributed by atoms with Crippen molar-refractivity contribution in [1.82, 2.24) is 15.1 Å². The molecule has 1 saturated heterocycles. The molecule has 1 aliphatic heterocycles. The monoisotopic (exact) mass is 612 g/mol. The Kier molecular flexibility index (Phi) is 13.8. The number of amidine groups is 1. The van der Waals surface area contributed by atoms with E-state index in [2.05, 4.69) is 25.5 Å². The first-order chi connectivity index (χ1) is 20.7. The summed E-state index contributed by atoms with van der Waals surface area (Å²) in [7, 11) is 3.17. The molecule has 0 aromatic heterocycles. The maximum atomic E-state index is 14.1. The summed E-state index contributed by atoms with van der Waals surface area (Å²) in [5.41, 5.74) is 3.11. The molecule has 43 heavy (non-hydrogen) atoms. The Bertz CT molecular complexity index is 1350. The zero-order valence-electron chi connectivity index (χ0n) is 25.6. The van der Waals surface area contributed by atoms with E-state index in [4.69, 9.17) is 21.1 Å². The Labute approximate surface area is 259 Å². The van der Waals surface area contributed by atoms with Crippen LogP contribution in [0.3, 0.4) is 0 Å². The van der Waals surface area contributed by atoms with Crippen molar-refractivity contribution in [1.29, 1.82) is 0 Å². The molecule has 0 unspecified atom stereocenters. The lowest BCUT2D eigenvalue weighted by Crippen LogP contribution is -2.44. The van der Waals surface area contributed by atoms with Crippen LogP contribution in [0.4, 0.5) is 10.1 Å². The van der Waals surface area contributed by atoms with Crippen LogP contribution < -0.4 is 15.4 Å². The standard InChI is InChI=1S/C32H42ClFN6O3/c1-6-11-36-31(24(3)37-22-23(2)25-7-10-30(42-5)29(34)20-25)38-26-8-9-27(28(33)21-26)32(41)39(4)16-18-43-19-17-40-14-12-35-13-15-40/h6-11,20-22,35H,12-19H2,1-5H3,(H,36,38)/b11-6-,23-22+,37-24?. The molecule has 3 rings (SSSR count). The first-order valence-electron chi connectivity index (χ1n) is 14.3. The van der Waals surface area contributed by atoms with Gasteiger partial charge in [-0.1, -0.05) is 23.7 Å². The Morgan fingerprint density at radius 1 is 1.16 bits per heavy atom. The molecule has 0 bridgehead atoms. The van der Waals surface area contributed by atoms with Gasteiger partial charge in [0.25, 0.3) is 5.91 Å². The summed E-state index contributed by atoms with van der Waals surface area (Å²) < 4.78 is 24.9. The summed E-state index contributed by atoms with van der Waals surface area (Å²) in [6.07, 6.45) is 5.11. The van der Waals surface area contributed by atoms with Crippen LogP contribution in [-0.2, 0) is 4.74 Å². The van der Waals surface area contributed by atoms with Crippen LogP contribution in [-0.4, -0.2) is 93.9 Å². The molecular formula is C32H42ClFN6O3. The Balaban J connectivity index is 1.61. The van der Waals surface area contributed by atoms with Crippen molar-refractivity contribution in [2.45, 2.75) is 20.8 Å². The van der Waals surface area contributed by atoms with E-state index < -0.39 is 5.82 Å². The largest absolute Gasteiger partial charge is 0.494 e. The number of carbonyl (C=O) groups excluding carboxylic acids is 1. The third kappa shape index (κ3) is 10.6. The van der Waals surface area contributed by atoms with Crippen LogP contribution in [0.2, 0.25) is 5.02 Å². The number of halogens is 2. The number of methoxy groups -OCH3 is 1. The van der Waals surface area contributed by atoms with E-state index in [9.17, 15) is 9.18 Å². The minimum Gasteiger partial charge on any atom is -0.494 e. The molecule has 0 spiro atoms. The predicted molar refractivity (Wildman–Crippen MR) is 174 cm³/mol. The van der Waals surface area contributed by atoms with Gasteiger partial charge in [0, 0.05) is 64.4 Å². The second kappa shape index (κ2) is 17.5. The fourth-order valence-electron chi connectivity index (χ4n) is 4.25. The number of rotatable bonds is 13. The third-order valence-corrected chi connectivity index (χ3v) is 7.21. The van der Waals surface area contributed by atoms with Crippen molar-refractivity contribution in [2.75, 3.05) is 72.0 Å². The van der Waals surface area contributed by atoms with Gasteiger partial charge >= 0.3 is 0 Å². The highest BCUT2D eigenvalue weighted by Gasteiger charge is 2.16. The maximum Gasteiger partial charge on any atom is 0.255 e. The lowest BCUT2D eigenvalue weighted by atomic mass is 10.1. The number of amides is 1. The van der Waals surface area contributed by atoms with E-state index >= 15 is 0 Å². The number of hydrogen-bond donors (Lipinski definition) is 2.